The number of hydrogen-bond donors (Lipinski definition) is 2. The van der Waals surface area contributed by atoms with E-state index < -0.39 is 6.04 Å². The smallest absolute Gasteiger partial charge is 0.243 e. The number of anilines is 1. The lowest BCUT2D eigenvalue weighted by Crippen LogP contribution is -2.52. The number of amides is 2. The lowest BCUT2D eigenvalue weighted by Gasteiger charge is -2.34. The summed E-state index contributed by atoms with van der Waals surface area (Å²) in [5.74, 6) is 1.02. The molecule has 0 saturated carbocycles. The Hall–Kier alpha value is -3.60. The number of nitrogens with one attached hydrogen (secondary N) is 2. The third kappa shape index (κ3) is 6.22. The number of hydrogen-bond acceptors (Lipinski definition) is 6. The number of nitrogens with zero attached hydrogens (tertiary/aromatic N) is 3. The highest BCUT2D eigenvalue weighted by Crippen LogP contribution is 2.25. The maximum absolute atomic E-state index is 13.0. The van der Waals surface area contributed by atoms with Crippen LogP contribution in [0, 0.1) is 25.2 Å². The van der Waals surface area contributed by atoms with Gasteiger partial charge in [0.05, 0.1) is 12.7 Å². The zero-order valence-electron chi connectivity index (χ0n) is 19.6. The highest BCUT2D eigenvalue weighted by atomic mass is 16.5. The first kappa shape index (κ1) is 24.1. The van der Waals surface area contributed by atoms with Gasteiger partial charge in [0.2, 0.25) is 11.8 Å². The molecule has 8 nitrogen and oxygen atoms in total. The fraction of sp³-hybridized carbons (Fsp3) is 0.440. The fourth-order valence-corrected chi connectivity index (χ4v) is 4.17. The van der Waals surface area contributed by atoms with Crippen molar-refractivity contribution in [1.29, 1.82) is 5.26 Å². The van der Waals surface area contributed by atoms with Crippen molar-refractivity contribution in [2.75, 3.05) is 25.1 Å². The molecule has 1 aliphatic heterocycles. The first-order chi connectivity index (χ1) is 15.8. The monoisotopic (exact) mass is 449 g/mol. The predicted molar refractivity (Wildman–Crippen MR) is 126 cm³/mol. The molecule has 1 atom stereocenters. The van der Waals surface area contributed by atoms with Gasteiger partial charge in [0.15, 0.2) is 0 Å². The van der Waals surface area contributed by atoms with Crippen molar-refractivity contribution in [3.05, 3.63) is 52.7 Å². The molecular weight excluding hydrogens is 418 g/mol. The minimum Gasteiger partial charge on any atom is -0.497 e. The van der Waals surface area contributed by atoms with Crippen LogP contribution in [0.5, 0.6) is 5.75 Å². The molecule has 1 saturated heterocycles. The van der Waals surface area contributed by atoms with E-state index in [-0.39, 0.29) is 17.9 Å². The summed E-state index contributed by atoms with van der Waals surface area (Å²) in [5, 5.41) is 15.4. The van der Waals surface area contributed by atoms with Gasteiger partial charge in [-0.2, -0.15) is 5.26 Å². The van der Waals surface area contributed by atoms with Gasteiger partial charge in [-0.05, 0) is 56.0 Å². The van der Waals surface area contributed by atoms with Crippen LogP contribution >= 0.6 is 0 Å². The van der Waals surface area contributed by atoms with Gasteiger partial charge in [-0.15, -0.1) is 0 Å². The van der Waals surface area contributed by atoms with E-state index in [0.29, 0.717) is 25.1 Å². The van der Waals surface area contributed by atoms with Crippen molar-refractivity contribution >= 4 is 17.6 Å². The minimum atomic E-state index is -0.653. The number of rotatable bonds is 7. The number of nitriles is 1. The van der Waals surface area contributed by atoms with Crippen LogP contribution in [0.15, 0.2) is 30.3 Å². The molecule has 0 radical (unpaired) electrons. The Morgan fingerprint density at radius 2 is 1.91 bits per heavy atom. The standard InChI is InChI=1S/C25H31N5O3/c1-16-13-17(2)27-24(22(16)15-26)30-11-9-20(10-12-30)29-25(32)23(28-18(3)31)14-19-5-7-21(33-4)8-6-19/h5-8,13,20,23H,9-12,14H2,1-4H3,(H,28,31)(H,29,32)/t23-/m0/s1. The van der Waals surface area contributed by atoms with E-state index in [1.165, 1.54) is 6.92 Å². The van der Waals surface area contributed by atoms with Gasteiger partial charge in [0.1, 0.15) is 23.7 Å². The maximum Gasteiger partial charge on any atom is 0.243 e. The molecule has 8 heteroatoms. The molecule has 33 heavy (non-hydrogen) atoms. The van der Waals surface area contributed by atoms with Crippen molar-refractivity contribution in [2.24, 2.45) is 0 Å². The van der Waals surface area contributed by atoms with Crippen LogP contribution in [-0.2, 0) is 16.0 Å². The predicted octanol–water partition coefficient (Wildman–Crippen LogP) is 2.41. The molecule has 2 amide bonds. The number of pyridine rings is 1. The van der Waals surface area contributed by atoms with Crippen molar-refractivity contribution in [3.63, 3.8) is 0 Å². The van der Waals surface area contributed by atoms with Crippen LogP contribution in [0.25, 0.3) is 0 Å². The van der Waals surface area contributed by atoms with Crippen molar-refractivity contribution in [1.82, 2.24) is 15.6 Å². The maximum atomic E-state index is 13.0. The fourth-order valence-electron chi connectivity index (χ4n) is 4.17. The molecule has 0 bridgehead atoms. The summed E-state index contributed by atoms with van der Waals surface area (Å²) < 4.78 is 5.18. The van der Waals surface area contributed by atoms with Crippen LogP contribution in [0.3, 0.4) is 0 Å². The Morgan fingerprint density at radius 1 is 1.24 bits per heavy atom. The summed E-state index contributed by atoms with van der Waals surface area (Å²) in [6.07, 6.45) is 1.87. The Morgan fingerprint density at radius 3 is 2.48 bits per heavy atom. The summed E-state index contributed by atoms with van der Waals surface area (Å²) in [5.41, 5.74) is 3.35. The Bertz CT molecular complexity index is 1040. The molecule has 2 aromatic rings. The Labute approximate surface area is 195 Å². The molecular formula is C25H31N5O3. The van der Waals surface area contributed by atoms with E-state index in [0.717, 1.165) is 41.2 Å². The molecule has 0 spiro atoms. The van der Waals surface area contributed by atoms with E-state index in [9.17, 15) is 14.9 Å². The third-order valence-corrected chi connectivity index (χ3v) is 5.87. The first-order valence-corrected chi connectivity index (χ1v) is 11.1. The lowest BCUT2D eigenvalue weighted by atomic mass is 10.0. The highest BCUT2D eigenvalue weighted by molar-refractivity contribution is 5.87. The molecule has 1 fully saturated rings. The number of methoxy groups -OCH3 is 1. The SMILES string of the molecule is COc1ccc(C[C@H](NC(C)=O)C(=O)NC2CCN(c3nc(C)cc(C)c3C#N)CC2)cc1. The molecule has 2 heterocycles. The van der Waals surface area contributed by atoms with Crippen LogP contribution < -0.4 is 20.3 Å². The Balaban J connectivity index is 1.62. The topological polar surface area (TPSA) is 107 Å². The number of aromatic nitrogens is 1. The minimum absolute atomic E-state index is 0.00248. The van der Waals surface area contributed by atoms with E-state index in [1.807, 2.05) is 44.2 Å². The number of benzene rings is 1. The number of ether oxygens (including phenoxy) is 1. The number of carbonyl (C=O) groups excluding carboxylic acids is 2. The number of carbonyl (C=O) groups is 2. The first-order valence-electron chi connectivity index (χ1n) is 11.1. The van der Waals surface area contributed by atoms with Gasteiger partial charge in [-0.3, -0.25) is 9.59 Å². The second kappa shape index (κ2) is 10.8. The third-order valence-electron chi connectivity index (χ3n) is 5.87. The summed E-state index contributed by atoms with van der Waals surface area (Å²) >= 11 is 0. The van der Waals surface area contributed by atoms with Gasteiger partial charge in [-0.1, -0.05) is 12.1 Å². The van der Waals surface area contributed by atoms with Crippen LogP contribution in [-0.4, -0.2) is 49.1 Å². The van der Waals surface area contributed by atoms with Crippen molar-refractivity contribution < 1.29 is 14.3 Å². The average Bonchev–Trinajstić information content (AvgIpc) is 2.79. The van der Waals surface area contributed by atoms with E-state index in [2.05, 4.69) is 26.6 Å². The van der Waals surface area contributed by atoms with Crippen LogP contribution in [0.2, 0.25) is 0 Å². The zero-order valence-corrected chi connectivity index (χ0v) is 19.6. The van der Waals surface area contributed by atoms with Crippen LogP contribution in [0.1, 0.15) is 42.1 Å². The second-order valence-electron chi connectivity index (χ2n) is 8.47. The van der Waals surface area contributed by atoms with E-state index in [1.54, 1.807) is 7.11 Å². The molecule has 1 aliphatic rings. The Kier molecular flexibility index (Phi) is 7.88. The van der Waals surface area contributed by atoms with Crippen molar-refractivity contribution in [3.8, 4) is 11.8 Å². The largest absolute Gasteiger partial charge is 0.497 e. The quantitative estimate of drug-likeness (QED) is 0.672. The molecule has 0 unspecified atom stereocenters. The van der Waals surface area contributed by atoms with Gasteiger partial charge in [0, 0.05) is 38.2 Å². The summed E-state index contributed by atoms with van der Waals surface area (Å²) in [6, 6.07) is 11.0. The molecule has 174 valence electrons. The lowest BCUT2D eigenvalue weighted by molar-refractivity contribution is -0.128. The van der Waals surface area contributed by atoms with Gasteiger partial charge in [-0.25, -0.2) is 4.98 Å². The average molecular weight is 450 g/mol. The molecule has 1 aromatic carbocycles. The molecule has 0 aliphatic carbocycles. The van der Waals surface area contributed by atoms with Gasteiger partial charge in [0.25, 0.3) is 0 Å². The summed E-state index contributed by atoms with van der Waals surface area (Å²) in [7, 11) is 1.60. The van der Waals surface area contributed by atoms with Crippen LogP contribution in [0.4, 0.5) is 5.82 Å². The molecule has 3 rings (SSSR count). The number of aryl methyl sites for hydroxylation is 2. The van der Waals surface area contributed by atoms with E-state index in [4.69, 9.17) is 4.74 Å². The highest BCUT2D eigenvalue weighted by Gasteiger charge is 2.27. The van der Waals surface area contributed by atoms with Gasteiger partial charge < -0.3 is 20.3 Å². The normalized spacial score (nSPS) is 14.8. The molecule has 2 N–H and O–H groups in total. The van der Waals surface area contributed by atoms with Gasteiger partial charge >= 0.3 is 0 Å². The second-order valence-corrected chi connectivity index (χ2v) is 8.47. The summed E-state index contributed by atoms with van der Waals surface area (Å²) in [4.78, 5) is 31.4. The van der Waals surface area contributed by atoms with E-state index >= 15 is 0 Å². The van der Waals surface area contributed by atoms with Crippen molar-refractivity contribution in [2.45, 2.75) is 52.1 Å². The summed E-state index contributed by atoms with van der Waals surface area (Å²) in [6.45, 7) is 6.65. The number of piperidine rings is 1. The molecule has 1 aromatic heterocycles. The zero-order chi connectivity index (χ0) is 24.0.